The van der Waals surface area contributed by atoms with E-state index >= 15 is 0 Å². The van der Waals surface area contributed by atoms with Gasteiger partial charge in [0.05, 0.1) is 0 Å². The van der Waals surface area contributed by atoms with Crippen LogP contribution in [0, 0.1) is 12.8 Å². The summed E-state index contributed by atoms with van der Waals surface area (Å²) in [5.41, 5.74) is 0. The zero-order chi connectivity index (χ0) is 13.1. The van der Waals surface area contributed by atoms with Crippen LogP contribution in [0.25, 0.3) is 0 Å². The highest BCUT2D eigenvalue weighted by atomic mass is 19.1. The third-order valence-corrected chi connectivity index (χ3v) is 2.71. The molecule has 0 radical (unpaired) electrons. The molecule has 96 valence electrons. The predicted octanol–water partition coefficient (Wildman–Crippen LogP) is 2.86. The van der Waals surface area contributed by atoms with Crippen molar-refractivity contribution in [2.45, 2.75) is 38.8 Å². The molecule has 0 amide bonds. The summed E-state index contributed by atoms with van der Waals surface area (Å²) < 4.78 is 12.7. The summed E-state index contributed by atoms with van der Waals surface area (Å²) in [4.78, 5) is 2.06. The molecule has 1 fully saturated rings. The molecule has 1 heterocycles. The summed E-state index contributed by atoms with van der Waals surface area (Å²) in [6.07, 6.45) is 16.4. The molecule has 0 aromatic heterocycles. The molecule has 1 rings (SSSR count). The molecule has 1 aliphatic heterocycles. The molecule has 0 bridgehead atoms. The van der Waals surface area contributed by atoms with Crippen LogP contribution < -0.4 is 0 Å². The van der Waals surface area contributed by atoms with Crippen molar-refractivity contribution in [3.8, 4) is 12.8 Å². The van der Waals surface area contributed by atoms with Crippen LogP contribution in [-0.2, 0) is 0 Å². The van der Waals surface area contributed by atoms with Crippen molar-refractivity contribution in [3.63, 3.8) is 0 Å². The second kappa shape index (κ2) is 10.1. The predicted molar refractivity (Wildman–Crippen MR) is 69.9 cm³/mol. The van der Waals surface area contributed by atoms with Gasteiger partial charge in [-0.05, 0) is 38.7 Å². The molecule has 1 saturated heterocycles. The van der Waals surface area contributed by atoms with Crippen LogP contribution in [0.3, 0.4) is 0 Å². The molecular weight excluding hydrogens is 217 g/mol. The second-order valence-corrected chi connectivity index (χ2v) is 3.88. The van der Waals surface area contributed by atoms with E-state index in [2.05, 4.69) is 17.7 Å². The molecule has 0 aromatic carbocycles. The van der Waals surface area contributed by atoms with Crippen molar-refractivity contribution in [1.29, 1.82) is 0 Å². The third-order valence-electron chi connectivity index (χ3n) is 2.71. The van der Waals surface area contributed by atoms with Crippen molar-refractivity contribution in [3.05, 3.63) is 24.1 Å². The topological polar surface area (TPSA) is 23.5 Å². The van der Waals surface area contributed by atoms with E-state index in [4.69, 9.17) is 0 Å². The van der Waals surface area contributed by atoms with Crippen LogP contribution >= 0.6 is 0 Å². The SMILES string of the molecule is C#C.C/C=C(F)\C=C/CCN1CCCCC1O. The lowest BCUT2D eigenvalue weighted by atomic mass is 10.1. The lowest BCUT2D eigenvalue weighted by Gasteiger charge is -2.31. The highest BCUT2D eigenvalue weighted by molar-refractivity contribution is 5.09. The van der Waals surface area contributed by atoms with Gasteiger partial charge in [-0.2, -0.15) is 0 Å². The fourth-order valence-electron chi connectivity index (χ4n) is 1.77. The minimum absolute atomic E-state index is 0.200. The van der Waals surface area contributed by atoms with E-state index in [1.54, 1.807) is 6.92 Å². The Kier molecular flexibility index (Phi) is 9.41. The Bertz CT molecular complexity index is 271. The Morgan fingerprint density at radius 2 is 2.18 bits per heavy atom. The molecular formula is C14H22FNO. The van der Waals surface area contributed by atoms with Gasteiger partial charge in [-0.15, -0.1) is 12.8 Å². The standard InChI is InChI=1S/C12H20FNO.C2H2/c1-2-11(13)7-3-5-9-14-10-6-4-8-12(14)15;1-2/h2-3,7,12,15H,4-6,8-10H2,1H3;1-2H/b7-3-,11-2+;. The van der Waals surface area contributed by atoms with Crippen LogP contribution in [0.15, 0.2) is 24.1 Å². The first kappa shape index (κ1) is 15.9. The third kappa shape index (κ3) is 6.93. The number of terminal acetylenes is 1. The highest BCUT2D eigenvalue weighted by Crippen LogP contribution is 2.14. The van der Waals surface area contributed by atoms with Gasteiger partial charge in [0.2, 0.25) is 0 Å². The minimum Gasteiger partial charge on any atom is -0.378 e. The molecule has 0 saturated carbocycles. The lowest BCUT2D eigenvalue weighted by Crippen LogP contribution is -2.39. The van der Waals surface area contributed by atoms with E-state index in [9.17, 15) is 9.50 Å². The van der Waals surface area contributed by atoms with Gasteiger partial charge in [-0.1, -0.05) is 12.2 Å². The van der Waals surface area contributed by atoms with Crippen LogP contribution in [0.4, 0.5) is 4.39 Å². The summed E-state index contributed by atoms with van der Waals surface area (Å²) in [5, 5.41) is 9.64. The van der Waals surface area contributed by atoms with Crippen molar-refractivity contribution >= 4 is 0 Å². The van der Waals surface area contributed by atoms with Crippen molar-refractivity contribution in [2.75, 3.05) is 13.1 Å². The Balaban J connectivity index is 0.00000121. The smallest absolute Gasteiger partial charge is 0.118 e. The normalized spacial score (nSPS) is 22.2. The maximum atomic E-state index is 12.7. The first-order valence-corrected chi connectivity index (χ1v) is 5.98. The average molecular weight is 239 g/mol. The molecule has 0 spiro atoms. The van der Waals surface area contributed by atoms with Crippen LogP contribution in [0.2, 0.25) is 0 Å². The van der Waals surface area contributed by atoms with Gasteiger partial charge in [0.15, 0.2) is 0 Å². The van der Waals surface area contributed by atoms with Crippen molar-refractivity contribution in [1.82, 2.24) is 4.90 Å². The number of hydrogen-bond acceptors (Lipinski definition) is 2. The molecule has 1 N–H and O–H groups in total. The maximum absolute atomic E-state index is 12.7. The van der Waals surface area contributed by atoms with E-state index in [-0.39, 0.29) is 12.1 Å². The molecule has 1 aliphatic rings. The Morgan fingerprint density at radius 1 is 1.47 bits per heavy atom. The number of piperidine rings is 1. The number of allylic oxidation sites excluding steroid dienone is 3. The average Bonchev–Trinajstić information content (AvgIpc) is 2.38. The first-order valence-electron chi connectivity index (χ1n) is 5.98. The molecule has 1 unspecified atom stereocenters. The van der Waals surface area contributed by atoms with Crippen molar-refractivity contribution in [2.24, 2.45) is 0 Å². The molecule has 17 heavy (non-hydrogen) atoms. The second-order valence-electron chi connectivity index (χ2n) is 3.88. The number of halogens is 1. The van der Waals surface area contributed by atoms with E-state index in [0.29, 0.717) is 0 Å². The highest BCUT2D eigenvalue weighted by Gasteiger charge is 2.18. The van der Waals surface area contributed by atoms with Gasteiger partial charge in [0.25, 0.3) is 0 Å². The van der Waals surface area contributed by atoms with Gasteiger partial charge in [0.1, 0.15) is 12.1 Å². The number of likely N-dealkylation sites (tertiary alicyclic amines) is 1. The summed E-state index contributed by atoms with van der Waals surface area (Å²) in [6, 6.07) is 0. The number of hydrogen-bond donors (Lipinski definition) is 1. The zero-order valence-corrected chi connectivity index (χ0v) is 10.5. The van der Waals surface area contributed by atoms with Gasteiger partial charge in [-0.3, -0.25) is 4.90 Å². The molecule has 0 aliphatic carbocycles. The molecule has 0 aromatic rings. The molecule has 1 atom stereocenters. The van der Waals surface area contributed by atoms with Crippen LogP contribution in [-0.4, -0.2) is 29.3 Å². The Labute approximate surface area is 104 Å². The van der Waals surface area contributed by atoms with E-state index in [0.717, 1.165) is 38.8 Å². The van der Waals surface area contributed by atoms with E-state index < -0.39 is 0 Å². The lowest BCUT2D eigenvalue weighted by molar-refractivity contribution is -0.0223. The Morgan fingerprint density at radius 3 is 2.76 bits per heavy atom. The summed E-state index contributed by atoms with van der Waals surface area (Å²) in [7, 11) is 0. The van der Waals surface area contributed by atoms with Crippen LogP contribution in [0.5, 0.6) is 0 Å². The van der Waals surface area contributed by atoms with Gasteiger partial charge in [0, 0.05) is 13.1 Å². The van der Waals surface area contributed by atoms with Gasteiger partial charge in [-0.25, -0.2) is 4.39 Å². The number of rotatable bonds is 4. The summed E-state index contributed by atoms with van der Waals surface area (Å²) in [5.74, 6) is -0.200. The molecule has 2 nitrogen and oxygen atoms in total. The fraction of sp³-hybridized carbons (Fsp3) is 0.571. The van der Waals surface area contributed by atoms with E-state index in [1.165, 1.54) is 12.2 Å². The fourth-order valence-corrected chi connectivity index (χ4v) is 1.77. The summed E-state index contributed by atoms with van der Waals surface area (Å²) in [6.45, 7) is 3.45. The van der Waals surface area contributed by atoms with Crippen molar-refractivity contribution < 1.29 is 9.50 Å². The minimum atomic E-state index is -0.293. The maximum Gasteiger partial charge on any atom is 0.118 e. The Hall–Kier alpha value is -1.11. The monoisotopic (exact) mass is 239 g/mol. The molecule has 3 heteroatoms. The number of nitrogens with zero attached hydrogens (tertiary/aromatic N) is 1. The summed E-state index contributed by atoms with van der Waals surface area (Å²) >= 11 is 0. The van der Waals surface area contributed by atoms with Gasteiger partial charge >= 0.3 is 0 Å². The quantitative estimate of drug-likeness (QED) is 0.602. The van der Waals surface area contributed by atoms with Gasteiger partial charge < -0.3 is 5.11 Å². The number of aliphatic hydroxyl groups excluding tert-OH is 1. The zero-order valence-electron chi connectivity index (χ0n) is 10.5. The first-order chi connectivity index (χ1) is 8.24. The number of aliphatic hydroxyl groups is 1. The largest absolute Gasteiger partial charge is 0.378 e. The van der Waals surface area contributed by atoms with E-state index in [1.807, 2.05) is 6.08 Å². The van der Waals surface area contributed by atoms with Crippen LogP contribution in [0.1, 0.15) is 32.6 Å².